The number of nitrogens with one attached hydrogen (secondary N) is 1. The van der Waals surface area contributed by atoms with Crippen LogP contribution in [0.4, 0.5) is 10.1 Å². The molecular weight excluding hydrogens is 303 g/mol. The normalized spacial score (nSPS) is 12.4. The van der Waals surface area contributed by atoms with Gasteiger partial charge in [0.05, 0.1) is 6.04 Å². The molecule has 2 rings (SSSR count). The standard InChI is InChI=1S/C12H12BrFN2S/c13-10-5-6-17-12(10)11(7-15)16-9-3-1-8(14)2-4-9/h1-6,11,16H,7,15H2. The van der Waals surface area contributed by atoms with Crippen molar-refractivity contribution < 1.29 is 4.39 Å². The van der Waals surface area contributed by atoms with E-state index in [9.17, 15) is 4.39 Å². The maximum absolute atomic E-state index is 12.8. The smallest absolute Gasteiger partial charge is 0.123 e. The lowest BCUT2D eigenvalue weighted by Crippen LogP contribution is -2.19. The number of hydrogen-bond acceptors (Lipinski definition) is 3. The molecule has 2 aromatic rings. The molecule has 0 spiro atoms. The molecule has 1 heterocycles. The van der Waals surface area contributed by atoms with Crippen molar-refractivity contribution in [2.45, 2.75) is 6.04 Å². The molecule has 1 aromatic heterocycles. The lowest BCUT2D eigenvalue weighted by atomic mass is 10.2. The van der Waals surface area contributed by atoms with Gasteiger partial charge < -0.3 is 11.1 Å². The van der Waals surface area contributed by atoms with Gasteiger partial charge in [0.25, 0.3) is 0 Å². The van der Waals surface area contributed by atoms with Gasteiger partial charge in [-0.3, -0.25) is 0 Å². The van der Waals surface area contributed by atoms with Crippen molar-refractivity contribution in [3.05, 3.63) is 50.9 Å². The molecule has 17 heavy (non-hydrogen) atoms. The molecule has 5 heteroatoms. The van der Waals surface area contributed by atoms with Crippen LogP contribution >= 0.6 is 27.3 Å². The SMILES string of the molecule is NCC(Nc1ccc(F)cc1)c1sccc1Br. The minimum absolute atomic E-state index is 0.0369. The molecule has 1 aromatic carbocycles. The summed E-state index contributed by atoms with van der Waals surface area (Å²) in [6.45, 7) is 0.483. The molecule has 0 radical (unpaired) electrons. The van der Waals surface area contributed by atoms with Gasteiger partial charge in [0, 0.05) is 21.6 Å². The Morgan fingerprint density at radius 2 is 2.00 bits per heavy atom. The highest BCUT2D eigenvalue weighted by Crippen LogP contribution is 2.30. The first-order chi connectivity index (χ1) is 8.20. The van der Waals surface area contributed by atoms with E-state index in [1.807, 2.05) is 11.4 Å². The zero-order chi connectivity index (χ0) is 12.3. The Bertz CT molecular complexity index is 484. The Labute approximate surface area is 112 Å². The number of hydrogen-bond donors (Lipinski definition) is 2. The molecule has 0 aliphatic rings. The Hall–Kier alpha value is -0.910. The van der Waals surface area contributed by atoms with Crippen LogP contribution in [-0.2, 0) is 0 Å². The van der Waals surface area contributed by atoms with E-state index >= 15 is 0 Å². The highest BCUT2D eigenvalue weighted by Gasteiger charge is 2.14. The number of thiophene rings is 1. The fourth-order valence-corrected chi connectivity index (χ4v) is 3.25. The quantitative estimate of drug-likeness (QED) is 0.901. The second-order valence-electron chi connectivity index (χ2n) is 3.57. The summed E-state index contributed by atoms with van der Waals surface area (Å²) in [5.41, 5.74) is 6.62. The summed E-state index contributed by atoms with van der Waals surface area (Å²) >= 11 is 5.13. The second kappa shape index (κ2) is 5.62. The van der Waals surface area contributed by atoms with Crippen LogP contribution in [0, 0.1) is 5.82 Å². The van der Waals surface area contributed by atoms with Crippen LogP contribution in [0.3, 0.4) is 0 Å². The van der Waals surface area contributed by atoms with Crippen LogP contribution in [-0.4, -0.2) is 6.54 Å². The van der Waals surface area contributed by atoms with Gasteiger partial charge in [0.1, 0.15) is 5.82 Å². The Balaban J connectivity index is 2.16. The molecule has 2 nitrogen and oxygen atoms in total. The summed E-state index contributed by atoms with van der Waals surface area (Å²) in [5.74, 6) is -0.239. The summed E-state index contributed by atoms with van der Waals surface area (Å²) in [7, 11) is 0. The van der Waals surface area contributed by atoms with E-state index in [0.717, 1.165) is 15.0 Å². The van der Waals surface area contributed by atoms with Gasteiger partial charge >= 0.3 is 0 Å². The van der Waals surface area contributed by atoms with Crippen LogP contribution in [0.5, 0.6) is 0 Å². The summed E-state index contributed by atoms with van der Waals surface area (Å²) < 4.78 is 13.8. The van der Waals surface area contributed by atoms with E-state index in [1.54, 1.807) is 23.5 Å². The van der Waals surface area contributed by atoms with Crippen molar-refractivity contribution in [1.29, 1.82) is 0 Å². The molecule has 0 aliphatic carbocycles. The molecule has 3 N–H and O–H groups in total. The molecule has 1 atom stereocenters. The average molecular weight is 315 g/mol. The van der Waals surface area contributed by atoms with Crippen molar-refractivity contribution in [1.82, 2.24) is 0 Å². The molecule has 0 amide bonds. The number of halogens is 2. The van der Waals surface area contributed by atoms with Crippen LogP contribution in [0.15, 0.2) is 40.2 Å². The molecule has 0 saturated carbocycles. The monoisotopic (exact) mass is 314 g/mol. The number of anilines is 1. The van der Waals surface area contributed by atoms with Crippen molar-refractivity contribution in [3.8, 4) is 0 Å². The van der Waals surface area contributed by atoms with Gasteiger partial charge in [-0.15, -0.1) is 11.3 Å². The van der Waals surface area contributed by atoms with Crippen LogP contribution in [0.1, 0.15) is 10.9 Å². The van der Waals surface area contributed by atoms with E-state index in [4.69, 9.17) is 5.73 Å². The molecule has 0 bridgehead atoms. The third kappa shape index (κ3) is 3.06. The third-order valence-electron chi connectivity index (χ3n) is 2.38. The molecule has 90 valence electrons. The predicted octanol–water partition coefficient (Wildman–Crippen LogP) is 3.76. The third-order valence-corrected chi connectivity index (χ3v) is 4.37. The summed E-state index contributed by atoms with van der Waals surface area (Å²) in [4.78, 5) is 1.15. The van der Waals surface area contributed by atoms with Gasteiger partial charge in [0.2, 0.25) is 0 Å². The topological polar surface area (TPSA) is 38.0 Å². The van der Waals surface area contributed by atoms with Crippen molar-refractivity contribution >= 4 is 33.0 Å². The van der Waals surface area contributed by atoms with E-state index in [-0.39, 0.29) is 11.9 Å². The summed E-state index contributed by atoms with van der Waals surface area (Å²) in [5, 5.41) is 5.30. The van der Waals surface area contributed by atoms with Crippen LogP contribution < -0.4 is 11.1 Å². The summed E-state index contributed by atoms with van der Waals surface area (Å²) in [6, 6.07) is 8.31. The molecule has 0 fully saturated rings. The van der Waals surface area contributed by atoms with Crippen LogP contribution in [0.2, 0.25) is 0 Å². The lowest BCUT2D eigenvalue weighted by Gasteiger charge is -2.17. The van der Waals surface area contributed by atoms with Gasteiger partial charge in [-0.25, -0.2) is 4.39 Å². The van der Waals surface area contributed by atoms with Gasteiger partial charge in [0.15, 0.2) is 0 Å². The summed E-state index contributed by atoms with van der Waals surface area (Å²) in [6.07, 6.45) is 0. The second-order valence-corrected chi connectivity index (χ2v) is 5.37. The number of rotatable bonds is 4. The van der Waals surface area contributed by atoms with Crippen molar-refractivity contribution in [2.75, 3.05) is 11.9 Å². The van der Waals surface area contributed by atoms with E-state index in [2.05, 4.69) is 21.2 Å². The highest BCUT2D eigenvalue weighted by atomic mass is 79.9. The first-order valence-electron chi connectivity index (χ1n) is 5.16. The van der Waals surface area contributed by atoms with E-state index in [1.165, 1.54) is 12.1 Å². The van der Waals surface area contributed by atoms with E-state index in [0.29, 0.717) is 6.54 Å². The lowest BCUT2D eigenvalue weighted by molar-refractivity contribution is 0.628. The Morgan fingerprint density at radius 3 is 2.53 bits per heavy atom. The highest BCUT2D eigenvalue weighted by molar-refractivity contribution is 9.10. The zero-order valence-corrected chi connectivity index (χ0v) is 11.4. The van der Waals surface area contributed by atoms with Gasteiger partial charge in [-0.2, -0.15) is 0 Å². The first-order valence-corrected chi connectivity index (χ1v) is 6.83. The Kier molecular flexibility index (Phi) is 4.15. The minimum atomic E-state index is -0.239. The fraction of sp³-hybridized carbons (Fsp3) is 0.167. The van der Waals surface area contributed by atoms with Crippen molar-refractivity contribution in [2.24, 2.45) is 5.73 Å². The maximum atomic E-state index is 12.8. The van der Waals surface area contributed by atoms with Gasteiger partial charge in [-0.1, -0.05) is 0 Å². The largest absolute Gasteiger partial charge is 0.376 e. The predicted molar refractivity (Wildman–Crippen MR) is 73.8 cm³/mol. The molecule has 1 unspecified atom stereocenters. The first kappa shape index (κ1) is 12.5. The number of nitrogens with two attached hydrogens (primary N) is 1. The molecular formula is C12H12BrFN2S. The van der Waals surface area contributed by atoms with Crippen molar-refractivity contribution in [3.63, 3.8) is 0 Å². The van der Waals surface area contributed by atoms with Gasteiger partial charge in [-0.05, 0) is 51.6 Å². The molecule has 0 saturated heterocycles. The maximum Gasteiger partial charge on any atom is 0.123 e. The molecule has 0 aliphatic heterocycles. The van der Waals surface area contributed by atoms with E-state index < -0.39 is 0 Å². The van der Waals surface area contributed by atoms with Crippen LogP contribution in [0.25, 0.3) is 0 Å². The number of benzene rings is 1. The fourth-order valence-electron chi connectivity index (χ4n) is 1.53. The zero-order valence-electron chi connectivity index (χ0n) is 8.99. The minimum Gasteiger partial charge on any atom is -0.376 e. The Morgan fingerprint density at radius 1 is 1.29 bits per heavy atom. The average Bonchev–Trinajstić information content (AvgIpc) is 2.75.